The van der Waals surface area contributed by atoms with Gasteiger partial charge < -0.3 is 5.32 Å². The molecule has 128 valence electrons. The first-order chi connectivity index (χ1) is 12.6. The molecule has 26 heavy (non-hydrogen) atoms. The summed E-state index contributed by atoms with van der Waals surface area (Å²) in [5.74, 6) is 0.0882. The molecule has 0 aromatic heterocycles. The van der Waals surface area contributed by atoms with Crippen LogP contribution in [0.3, 0.4) is 0 Å². The van der Waals surface area contributed by atoms with Gasteiger partial charge >= 0.3 is 0 Å². The highest BCUT2D eigenvalue weighted by Gasteiger charge is 2.76. The Labute approximate surface area is 168 Å². The van der Waals surface area contributed by atoms with Gasteiger partial charge in [-0.05, 0) is 67.1 Å². The Morgan fingerprint density at radius 1 is 0.769 bits per heavy atom. The number of carbonyl (C=O) groups excluding carboxylic acids is 1. The molecule has 1 heterocycles. The normalized spacial score (nSPS) is 22.2. The summed E-state index contributed by atoms with van der Waals surface area (Å²) in [5.41, 5.74) is 3.46. The highest BCUT2D eigenvalue weighted by atomic mass is 79.9. The van der Waals surface area contributed by atoms with E-state index < -0.39 is 5.41 Å². The van der Waals surface area contributed by atoms with Crippen molar-refractivity contribution in [3.05, 3.63) is 98.4 Å². The largest absolute Gasteiger partial charge is 0.325 e. The Morgan fingerprint density at radius 2 is 1.31 bits per heavy atom. The molecule has 1 amide bonds. The van der Waals surface area contributed by atoms with E-state index in [0.29, 0.717) is 0 Å². The maximum absolute atomic E-state index is 13.3. The van der Waals surface area contributed by atoms with Crippen LogP contribution in [0.1, 0.15) is 23.1 Å². The molecule has 1 N–H and O–H groups in total. The SMILES string of the molecule is O=C1Nc2cc(Br)c(Br)cc2C12CC2(c1ccccc1)c1ccccc1. The number of nitrogens with one attached hydrogen (secondary N) is 1. The summed E-state index contributed by atoms with van der Waals surface area (Å²) in [7, 11) is 0. The molecule has 1 spiro atoms. The van der Waals surface area contributed by atoms with E-state index in [1.54, 1.807) is 0 Å². The van der Waals surface area contributed by atoms with E-state index in [9.17, 15) is 4.79 Å². The lowest BCUT2D eigenvalue weighted by atomic mass is 9.77. The molecule has 0 saturated heterocycles. The van der Waals surface area contributed by atoms with Crippen molar-refractivity contribution < 1.29 is 4.79 Å². The molecule has 4 heteroatoms. The summed E-state index contributed by atoms with van der Waals surface area (Å²) in [5, 5.41) is 3.12. The van der Waals surface area contributed by atoms with Gasteiger partial charge in [0, 0.05) is 20.0 Å². The van der Waals surface area contributed by atoms with Crippen LogP contribution < -0.4 is 5.32 Å². The zero-order valence-electron chi connectivity index (χ0n) is 13.8. The van der Waals surface area contributed by atoms with Gasteiger partial charge in [-0.1, -0.05) is 60.7 Å². The van der Waals surface area contributed by atoms with Gasteiger partial charge in [-0.15, -0.1) is 0 Å². The van der Waals surface area contributed by atoms with E-state index >= 15 is 0 Å². The molecule has 3 aromatic rings. The number of hydrogen-bond donors (Lipinski definition) is 1. The fourth-order valence-corrected chi connectivity index (χ4v) is 5.30. The number of halogens is 2. The first-order valence-electron chi connectivity index (χ1n) is 8.52. The Balaban J connectivity index is 1.79. The van der Waals surface area contributed by atoms with Crippen molar-refractivity contribution in [2.75, 3.05) is 5.32 Å². The second-order valence-electron chi connectivity index (χ2n) is 6.99. The second-order valence-corrected chi connectivity index (χ2v) is 8.69. The molecular formula is C22H15Br2NO. The molecule has 1 unspecified atom stereocenters. The van der Waals surface area contributed by atoms with E-state index in [1.165, 1.54) is 11.1 Å². The van der Waals surface area contributed by atoms with E-state index in [-0.39, 0.29) is 11.3 Å². The smallest absolute Gasteiger partial charge is 0.236 e. The lowest BCUT2D eigenvalue weighted by Crippen LogP contribution is -2.30. The van der Waals surface area contributed by atoms with E-state index in [4.69, 9.17) is 0 Å². The maximum atomic E-state index is 13.3. The molecule has 1 fully saturated rings. The average molecular weight is 469 g/mol. The number of benzene rings is 3. The fraction of sp³-hybridized carbons (Fsp3) is 0.136. The first-order valence-corrected chi connectivity index (χ1v) is 10.1. The van der Waals surface area contributed by atoms with Crippen LogP contribution >= 0.6 is 31.9 Å². The monoisotopic (exact) mass is 467 g/mol. The molecule has 2 aliphatic rings. The average Bonchev–Trinajstić information content (AvgIpc) is 3.31. The Hall–Kier alpha value is -1.91. The predicted octanol–water partition coefficient (Wildman–Crippen LogP) is 5.79. The quantitative estimate of drug-likeness (QED) is 0.506. The van der Waals surface area contributed by atoms with Crippen LogP contribution in [0, 0.1) is 0 Å². The number of carbonyl (C=O) groups is 1. The number of hydrogen-bond acceptors (Lipinski definition) is 1. The molecule has 2 nitrogen and oxygen atoms in total. The standard InChI is InChI=1S/C22H15Br2NO/c23-17-11-16-19(12-18(17)24)25-20(26)22(16)13-21(22,14-7-3-1-4-8-14)15-9-5-2-6-10-15/h1-12H,13H2,(H,25,26). The summed E-state index contributed by atoms with van der Waals surface area (Å²) in [6.07, 6.45) is 0.779. The third kappa shape index (κ3) is 1.94. The zero-order chi connectivity index (χ0) is 17.9. The number of amides is 1. The minimum atomic E-state index is -0.561. The van der Waals surface area contributed by atoms with Crippen molar-refractivity contribution in [2.24, 2.45) is 0 Å². The lowest BCUT2D eigenvalue weighted by molar-refractivity contribution is -0.118. The Morgan fingerprint density at radius 3 is 1.88 bits per heavy atom. The van der Waals surface area contributed by atoms with Gasteiger partial charge in [-0.25, -0.2) is 0 Å². The van der Waals surface area contributed by atoms with E-state index in [2.05, 4.69) is 91.8 Å². The van der Waals surface area contributed by atoms with E-state index in [0.717, 1.165) is 26.6 Å². The lowest BCUT2D eigenvalue weighted by Gasteiger charge is -2.23. The molecule has 1 aliphatic heterocycles. The van der Waals surface area contributed by atoms with Gasteiger partial charge in [0.15, 0.2) is 0 Å². The number of anilines is 1. The fourth-order valence-electron chi connectivity index (χ4n) is 4.62. The second kappa shape index (κ2) is 5.54. The highest BCUT2D eigenvalue weighted by molar-refractivity contribution is 9.13. The van der Waals surface area contributed by atoms with Gasteiger partial charge in [-0.2, -0.15) is 0 Å². The van der Waals surface area contributed by atoms with Crippen LogP contribution in [0.15, 0.2) is 81.7 Å². The minimum Gasteiger partial charge on any atom is -0.325 e. The van der Waals surface area contributed by atoms with Crippen LogP contribution in [0.2, 0.25) is 0 Å². The number of rotatable bonds is 2. The van der Waals surface area contributed by atoms with Crippen LogP contribution in [0.5, 0.6) is 0 Å². The van der Waals surface area contributed by atoms with Crippen molar-refractivity contribution >= 4 is 43.5 Å². The Bertz CT molecular complexity index is 993. The first kappa shape index (κ1) is 16.3. The van der Waals surface area contributed by atoms with Crippen LogP contribution in [0.4, 0.5) is 5.69 Å². The number of fused-ring (bicyclic) bond motifs is 2. The summed E-state index contributed by atoms with van der Waals surface area (Å²) in [6.45, 7) is 0. The highest BCUT2D eigenvalue weighted by Crippen LogP contribution is 2.72. The summed E-state index contributed by atoms with van der Waals surface area (Å²) < 4.78 is 1.91. The minimum absolute atomic E-state index is 0.0882. The van der Waals surface area contributed by atoms with Gasteiger partial charge in [0.05, 0.1) is 5.41 Å². The summed E-state index contributed by atoms with van der Waals surface area (Å²) >= 11 is 7.16. The van der Waals surface area contributed by atoms with Gasteiger partial charge in [0.2, 0.25) is 5.91 Å². The predicted molar refractivity (Wildman–Crippen MR) is 110 cm³/mol. The molecule has 1 atom stereocenters. The molecule has 3 aromatic carbocycles. The molecular weight excluding hydrogens is 454 g/mol. The summed E-state index contributed by atoms with van der Waals surface area (Å²) in [4.78, 5) is 13.3. The topological polar surface area (TPSA) is 29.1 Å². The third-order valence-corrected chi connectivity index (χ3v) is 7.67. The molecule has 0 bridgehead atoms. The van der Waals surface area contributed by atoms with Gasteiger partial charge in [0.25, 0.3) is 0 Å². The van der Waals surface area contributed by atoms with Crippen molar-refractivity contribution in [3.63, 3.8) is 0 Å². The third-order valence-electron chi connectivity index (χ3n) is 5.82. The zero-order valence-corrected chi connectivity index (χ0v) is 17.0. The van der Waals surface area contributed by atoms with Crippen LogP contribution in [-0.4, -0.2) is 5.91 Å². The maximum Gasteiger partial charge on any atom is 0.236 e. The molecule has 1 saturated carbocycles. The van der Waals surface area contributed by atoms with Gasteiger partial charge in [0.1, 0.15) is 0 Å². The molecule has 5 rings (SSSR count). The van der Waals surface area contributed by atoms with Gasteiger partial charge in [-0.3, -0.25) is 4.79 Å². The Kier molecular flexibility index (Phi) is 3.47. The van der Waals surface area contributed by atoms with Crippen molar-refractivity contribution in [3.8, 4) is 0 Å². The molecule has 1 aliphatic carbocycles. The van der Waals surface area contributed by atoms with Crippen molar-refractivity contribution in [1.82, 2.24) is 0 Å². The van der Waals surface area contributed by atoms with E-state index in [1.807, 2.05) is 18.2 Å². The molecule has 0 radical (unpaired) electrons. The summed E-state index contributed by atoms with van der Waals surface area (Å²) in [6, 6.07) is 24.9. The van der Waals surface area contributed by atoms with Crippen molar-refractivity contribution in [1.29, 1.82) is 0 Å². The van der Waals surface area contributed by atoms with Crippen molar-refractivity contribution in [2.45, 2.75) is 17.3 Å². The van der Waals surface area contributed by atoms with Crippen LogP contribution in [-0.2, 0) is 15.6 Å². The van der Waals surface area contributed by atoms with Crippen LogP contribution in [0.25, 0.3) is 0 Å².